The summed E-state index contributed by atoms with van der Waals surface area (Å²) in [5.74, 6) is -0.00829. The van der Waals surface area contributed by atoms with E-state index in [2.05, 4.69) is 5.32 Å². The summed E-state index contributed by atoms with van der Waals surface area (Å²) in [6.45, 7) is 5.71. The molecular weight excluding hydrogens is 292 g/mol. The van der Waals surface area contributed by atoms with Gasteiger partial charge in [0.2, 0.25) is 0 Å². The van der Waals surface area contributed by atoms with Crippen molar-refractivity contribution >= 4 is 11.6 Å². The number of amides is 1. The molecule has 5 nitrogen and oxygen atoms in total. The quantitative estimate of drug-likeness (QED) is 0.669. The molecule has 0 aliphatic carbocycles. The average Bonchev–Trinajstić information content (AvgIpc) is 2.52. The minimum Gasteiger partial charge on any atom is -0.345 e. The van der Waals surface area contributed by atoms with Gasteiger partial charge in [-0.1, -0.05) is 44.2 Å². The van der Waals surface area contributed by atoms with Crippen molar-refractivity contribution in [1.29, 1.82) is 0 Å². The third kappa shape index (κ3) is 3.94. The van der Waals surface area contributed by atoms with E-state index < -0.39 is 4.92 Å². The Balaban J connectivity index is 2.23. The number of aryl methyl sites for hydroxylation is 1. The molecule has 1 amide bonds. The number of carbonyl (C=O) groups excluding carboxylic acids is 1. The highest BCUT2D eigenvalue weighted by molar-refractivity contribution is 5.95. The Morgan fingerprint density at radius 3 is 2.30 bits per heavy atom. The first-order valence-electron chi connectivity index (χ1n) is 7.51. The average molecular weight is 312 g/mol. The summed E-state index contributed by atoms with van der Waals surface area (Å²) < 4.78 is 0. The number of rotatable bonds is 5. The van der Waals surface area contributed by atoms with E-state index in [0.29, 0.717) is 11.1 Å². The van der Waals surface area contributed by atoms with Crippen LogP contribution < -0.4 is 5.32 Å². The van der Waals surface area contributed by atoms with Crippen molar-refractivity contribution in [3.8, 4) is 0 Å². The standard InChI is InChI=1S/C18H20N2O3/c1-12(2)17(14-7-5-4-6-8-14)19-18(21)15-9-10-16(20(22)23)13(3)11-15/h4-12,17H,1-3H3,(H,19,21)/t17-/m1/s1. The highest BCUT2D eigenvalue weighted by Crippen LogP contribution is 2.23. The van der Waals surface area contributed by atoms with E-state index in [-0.39, 0.29) is 23.6 Å². The lowest BCUT2D eigenvalue weighted by atomic mass is 9.95. The zero-order chi connectivity index (χ0) is 17.0. The van der Waals surface area contributed by atoms with E-state index in [1.54, 1.807) is 13.0 Å². The van der Waals surface area contributed by atoms with Gasteiger partial charge in [-0.15, -0.1) is 0 Å². The van der Waals surface area contributed by atoms with E-state index in [1.165, 1.54) is 12.1 Å². The van der Waals surface area contributed by atoms with E-state index in [1.807, 2.05) is 44.2 Å². The summed E-state index contributed by atoms with van der Waals surface area (Å²) in [7, 11) is 0. The van der Waals surface area contributed by atoms with Gasteiger partial charge >= 0.3 is 0 Å². The fraction of sp³-hybridized carbons (Fsp3) is 0.278. The van der Waals surface area contributed by atoms with E-state index in [9.17, 15) is 14.9 Å². The van der Waals surface area contributed by atoms with Crippen LogP contribution in [0.1, 0.15) is 41.4 Å². The minimum absolute atomic E-state index is 0.0185. The second kappa shape index (κ2) is 7.05. The monoisotopic (exact) mass is 312 g/mol. The summed E-state index contributed by atoms with van der Waals surface area (Å²) in [4.78, 5) is 22.9. The normalized spacial score (nSPS) is 12.0. The van der Waals surface area contributed by atoms with Gasteiger partial charge in [0.1, 0.15) is 0 Å². The predicted molar refractivity (Wildman–Crippen MR) is 89.3 cm³/mol. The number of hydrogen-bond donors (Lipinski definition) is 1. The molecule has 2 aromatic rings. The van der Waals surface area contributed by atoms with Crippen LogP contribution in [0.3, 0.4) is 0 Å². The molecule has 0 aliphatic rings. The molecule has 0 aromatic heterocycles. The van der Waals surface area contributed by atoms with Crippen LogP contribution in [-0.4, -0.2) is 10.8 Å². The van der Waals surface area contributed by atoms with Gasteiger partial charge in [0.05, 0.1) is 11.0 Å². The number of carbonyl (C=O) groups is 1. The number of nitro benzene ring substituents is 1. The minimum atomic E-state index is -0.447. The second-order valence-electron chi connectivity index (χ2n) is 5.86. The van der Waals surface area contributed by atoms with Crippen LogP contribution in [-0.2, 0) is 0 Å². The zero-order valence-corrected chi connectivity index (χ0v) is 13.4. The molecular formula is C18H20N2O3. The number of nitrogens with one attached hydrogen (secondary N) is 1. The molecule has 0 unspecified atom stereocenters. The van der Waals surface area contributed by atoms with Crippen LogP contribution in [0.5, 0.6) is 0 Å². The summed E-state index contributed by atoms with van der Waals surface area (Å²) in [5.41, 5.74) is 1.96. The lowest BCUT2D eigenvalue weighted by Gasteiger charge is -2.23. The highest BCUT2D eigenvalue weighted by atomic mass is 16.6. The molecule has 0 aliphatic heterocycles. The third-order valence-corrected chi connectivity index (χ3v) is 3.77. The van der Waals surface area contributed by atoms with Gasteiger partial charge in [-0.05, 0) is 30.5 Å². The van der Waals surface area contributed by atoms with Crippen LogP contribution in [0.2, 0.25) is 0 Å². The fourth-order valence-electron chi connectivity index (χ4n) is 2.52. The molecule has 0 saturated heterocycles. The molecule has 2 aromatic carbocycles. The molecule has 120 valence electrons. The van der Waals surface area contributed by atoms with Crippen LogP contribution in [0.25, 0.3) is 0 Å². The van der Waals surface area contributed by atoms with E-state index in [0.717, 1.165) is 5.56 Å². The molecule has 2 rings (SSSR count). The maximum Gasteiger partial charge on any atom is 0.272 e. The molecule has 0 bridgehead atoms. The van der Waals surface area contributed by atoms with Crippen molar-refractivity contribution in [3.05, 3.63) is 75.3 Å². The van der Waals surface area contributed by atoms with Gasteiger partial charge in [0.25, 0.3) is 11.6 Å². The van der Waals surface area contributed by atoms with Crippen molar-refractivity contribution in [1.82, 2.24) is 5.32 Å². The van der Waals surface area contributed by atoms with Crippen molar-refractivity contribution < 1.29 is 9.72 Å². The lowest BCUT2D eigenvalue weighted by molar-refractivity contribution is -0.385. The molecule has 1 N–H and O–H groups in total. The number of nitro groups is 1. The Kier molecular flexibility index (Phi) is 5.11. The molecule has 0 radical (unpaired) electrons. The SMILES string of the molecule is Cc1cc(C(=O)N[C@@H](c2ccccc2)C(C)C)ccc1[N+](=O)[O-]. The Hall–Kier alpha value is -2.69. The van der Waals surface area contributed by atoms with Crippen LogP contribution in [0.4, 0.5) is 5.69 Å². The van der Waals surface area contributed by atoms with Crippen molar-refractivity contribution in [2.24, 2.45) is 5.92 Å². The molecule has 5 heteroatoms. The molecule has 0 saturated carbocycles. The van der Waals surface area contributed by atoms with Crippen LogP contribution >= 0.6 is 0 Å². The largest absolute Gasteiger partial charge is 0.345 e. The Labute approximate surface area is 135 Å². The van der Waals surface area contributed by atoms with Gasteiger partial charge in [-0.25, -0.2) is 0 Å². The third-order valence-electron chi connectivity index (χ3n) is 3.77. The molecule has 0 fully saturated rings. The summed E-state index contributed by atoms with van der Waals surface area (Å²) in [5, 5.41) is 13.9. The first kappa shape index (κ1) is 16.7. The Bertz CT molecular complexity index is 711. The van der Waals surface area contributed by atoms with E-state index in [4.69, 9.17) is 0 Å². The summed E-state index contributed by atoms with van der Waals surface area (Å²) >= 11 is 0. The number of benzene rings is 2. The maximum absolute atomic E-state index is 12.5. The molecule has 0 heterocycles. The highest BCUT2D eigenvalue weighted by Gasteiger charge is 2.20. The van der Waals surface area contributed by atoms with Crippen LogP contribution in [0.15, 0.2) is 48.5 Å². The first-order chi connectivity index (χ1) is 10.9. The first-order valence-corrected chi connectivity index (χ1v) is 7.51. The summed E-state index contributed by atoms with van der Waals surface area (Å²) in [6, 6.07) is 14.1. The second-order valence-corrected chi connectivity index (χ2v) is 5.86. The zero-order valence-electron chi connectivity index (χ0n) is 13.4. The fourth-order valence-corrected chi connectivity index (χ4v) is 2.52. The topological polar surface area (TPSA) is 72.2 Å². The van der Waals surface area contributed by atoms with Gasteiger partial charge in [0.15, 0.2) is 0 Å². The van der Waals surface area contributed by atoms with Gasteiger partial charge in [-0.3, -0.25) is 14.9 Å². The van der Waals surface area contributed by atoms with Gasteiger partial charge in [-0.2, -0.15) is 0 Å². The Morgan fingerprint density at radius 2 is 1.78 bits per heavy atom. The Morgan fingerprint density at radius 1 is 1.13 bits per heavy atom. The smallest absolute Gasteiger partial charge is 0.272 e. The van der Waals surface area contributed by atoms with Gasteiger partial charge in [0, 0.05) is 17.2 Å². The number of nitrogens with zero attached hydrogens (tertiary/aromatic N) is 1. The van der Waals surface area contributed by atoms with E-state index >= 15 is 0 Å². The molecule has 0 spiro atoms. The predicted octanol–water partition coefficient (Wildman–Crippen LogP) is 4.03. The van der Waals surface area contributed by atoms with Gasteiger partial charge < -0.3 is 5.32 Å². The molecule has 1 atom stereocenters. The maximum atomic E-state index is 12.5. The lowest BCUT2D eigenvalue weighted by Crippen LogP contribution is -2.31. The van der Waals surface area contributed by atoms with Crippen molar-refractivity contribution in [3.63, 3.8) is 0 Å². The van der Waals surface area contributed by atoms with Crippen molar-refractivity contribution in [2.75, 3.05) is 0 Å². The number of hydrogen-bond acceptors (Lipinski definition) is 3. The molecule has 23 heavy (non-hydrogen) atoms. The summed E-state index contributed by atoms with van der Waals surface area (Å²) in [6.07, 6.45) is 0. The van der Waals surface area contributed by atoms with Crippen LogP contribution in [0, 0.1) is 23.0 Å². The van der Waals surface area contributed by atoms with Crippen molar-refractivity contribution in [2.45, 2.75) is 26.8 Å².